The second kappa shape index (κ2) is 10.6. The predicted octanol–water partition coefficient (Wildman–Crippen LogP) is 0.718. The van der Waals surface area contributed by atoms with Gasteiger partial charge in [0.15, 0.2) is 5.69 Å². The maximum absolute atomic E-state index is 11.9. The van der Waals surface area contributed by atoms with Crippen LogP contribution in [0.2, 0.25) is 0 Å². The van der Waals surface area contributed by atoms with Gasteiger partial charge >= 0.3 is 0 Å². The van der Waals surface area contributed by atoms with Gasteiger partial charge in [0, 0.05) is 39.3 Å². The van der Waals surface area contributed by atoms with Crippen molar-refractivity contribution < 1.29 is 19.1 Å². The van der Waals surface area contributed by atoms with Crippen LogP contribution in [0, 0.1) is 0 Å². The van der Waals surface area contributed by atoms with E-state index in [-0.39, 0.29) is 12.0 Å². The number of nitrogens with one attached hydrogen (secondary N) is 1. The maximum atomic E-state index is 11.9. The monoisotopic (exact) mass is 368 g/mol. The molecule has 8 heteroatoms. The highest BCUT2D eigenvalue weighted by Gasteiger charge is 2.21. The van der Waals surface area contributed by atoms with Gasteiger partial charge in [0.25, 0.3) is 5.91 Å². The third-order valence-electron chi connectivity index (χ3n) is 4.23. The number of carbonyl (C=O) groups is 1. The van der Waals surface area contributed by atoms with Gasteiger partial charge in [0.05, 0.1) is 25.4 Å². The molecule has 2 heterocycles. The van der Waals surface area contributed by atoms with Gasteiger partial charge in [-0.2, -0.15) is 0 Å². The lowest BCUT2D eigenvalue weighted by Gasteiger charge is -2.35. The Balaban J connectivity index is 1.70. The largest absolute Gasteiger partial charge is 0.447 e. The van der Waals surface area contributed by atoms with Crippen molar-refractivity contribution in [3.05, 3.63) is 17.8 Å². The molecule has 2 N–H and O–H groups in total. The molecule has 1 saturated heterocycles. The quantitative estimate of drug-likeness (QED) is 0.629. The molecule has 1 aliphatic rings. The van der Waals surface area contributed by atoms with Crippen LogP contribution in [0.1, 0.15) is 43.6 Å². The number of aliphatic hydroxyl groups excluding tert-OH is 1. The minimum absolute atomic E-state index is 0.135. The summed E-state index contributed by atoms with van der Waals surface area (Å²) in [6, 6.07) is 0. The van der Waals surface area contributed by atoms with Crippen molar-refractivity contribution in [2.45, 2.75) is 45.9 Å². The molecule has 8 nitrogen and oxygen atoms in total. The molecule has 1 unspecified atom stereocenters. The van der Waals surface area contributed by atoms with Crippen LogP contribution in [0.4, 0.5) is 0 Å². The summed E-state index contributed by atoms with van der Waals surface area (Å²) in [5.74, 6) is 0.370. The number of nitrogens with zero attached hydrogens (tertiary/aromatic N) is 3. The fraction of sp³-hybridized carbons (Fsp3) is 0.778. The summed E-state index contributed by atoms with van der Waals surface area (Å²) in [6.45, 7) is 11.7. The molecular formula is C18H32N4O4. The normalized spacial score (nSPS) is 17.6. The number of oxazole rings is 1. The summed E-state index contributed by atoms with van der Waals surface area (Å²) in [6.07, 6.45) is 1.98. The van der Waals surface area contributed by atoms with Gasteiger partial charge in [0.2, 0.25) is 5.89 Å². The highest BCUT2D eigenvalue weighted by atomic mass is 16.5. The first-order chi connectivity index (χ1) is 12.5. The first-order valence-corrected chi connectivity index (χ1v) is 9.45. The van der Waals surface area contributed by atoms with E-state index in [4.69, 9.17) is 9.15 Å². The summed E-state index contributed by atoms with van der Waals surface area (Å²) >= 11 is 0. The average molecular weight is 368 g/mol. The van der Waals surface area contributed by atoms with Crippen LogP contribution in [0.3, 0.4) is 0 Å². The number of piperazine rings is 1. The second-order valence-corrected chi connectivity index (χ2v) is 7.00. The van der Waals surface area contributed by atoms with E-state index in [1.165, 1.54) is 6.26 Å². The number of ether oxygens (including phenoxy) is 1. The lowest BCUT2D eigenvalue weighted by molar-refractivity contribution is -0.0151. The number of β-amino-alcohol motifs (C(OH)–C–C–N with tert-alkyl or cyclic N) is 1. The number of carbonyl (C=O) groups excluding carboxylic acids is 1. The van der Waals surface area contributed by atoms with E-state index < -0.39 is 6.10 Å². The molecule has 0 spiro atoms. The van der Waals surface area contributed by atoms with Crippen molar-refractivity contribution in [3.8, 4) is 0 Å². The third-order valence-corrected chi connectivity index (χ3v) is 4.23. The summed E-state index contributed by atoms with van der Waals surface area (Å²) in [7, 11) is 0. The number of aliphatic hydroxyl groups is 1. The number of aromatic nitrogens is 1. The third kappa shape index (κ3) is 7.03. The van der Waals surface area contributed by atoms with Gasteiger partial charge in [-0.1, -0.05) is 6.92 Å². The predicted molar refractivity (Wildman–Crippen MR) is 97.9 cm³/mol. The van der Waals surface area contributed by atoms with Crippen LogP contribution in [0.25, 0.3) is 0 Å². The molecular weight excluding hydrogens is 336 g/mol. The zero-order valence-corrected chi connectivity index (χ0v) is 16.1. The molecule has 1 fully saturated rings. The Bertz CT molecular complexity index is 541. The van der Waals surface area contributed by atoms with Crippen LogP contribution >= 0.6 is 0 Å². The van der Waals surface area contributed by atoms with Gasteiger partial charge in [-0.15, -0.1) is 0 Å². The Morgan fingerprint density at radius 3 is 2.69 bits per heavy atom. The summed E-state index contributed by atoms with van der Waals surface area (Å²) in [5.41, 5.74) is 0.334. The van der Waals surface area contributed by atoms with E-state index in [1.807, 2.05) is 20.8 Å². The molecule has 0 aliphatic carbocycles. The number of hydrogen-bond acceptors (Lipinski definition) is 7. The summed E-state index contributed by atoms with van der Waals surface area (Å²) in [4.78, 5) is 20.6. The molecule has 148 valence electrons. The molecule has 1 aliphatic heterocycles. The lowest BCUT2D eigenvalue weighted by Crippen LogP contribution is -2.48. The van der Waals surface area contributed by atoms with Crippen LogP contribution in [0.5, 0.6) is 0 Å². The first-order valence-electron chi connectivity index (χ1n) is 9.45. The molecule has 0 saturated carbocycles. The highest BCUT2D eigenvalue weighted by molar-refractivity contribution is 5.91. The Morgan fingerprint density at radius 1 is 1.35 bits per heavy atom. The average Bonchev–Trinajstić information content (AvgIpc) is 3.08. The zero-order valence-electron chi connectivity index (χ0n) is 16.1. The molecule has 1 amide bonds. The number of hydrogen-bond donors (Lipinski definition) is 2. The Hall–Kier alpha value is -1.48. The maximum Gasteiger partial charge on any atom is 0.273 e. The molecule has 0 aromatic carbocycles. The number of rotatable bonds is 10. The Kier molecular flexibility index (Phi) is 8.50. The van der Waals surface area contributed by atoms with Gasteiger partial charge in [-0.05, 0) is 20.3 Å². The van der Waals surface area contributed by atoms with E-state index in [2.05, 4.69) is 20.1 Å². The van der Waals surface area contributed by atoms with Crippen molar-refractivity contribution in [1.29, 1.82) is 0 Å². The molecule has 0 bridgehead atoms. The van der Waals surface area contributed by atoms with Gasteiger partial charge in [-0.25, -0.2) is 4.98 Å². The minimum atomic E-state index is -0.458. The number of amides is 1. The van der Waals surface area contributed by atoms with E-state index in [0.29, 0.717) is 37.8 Å². The highest BCUT2D eigenvalue weighted by Crippen LogP contribution is 2.10. The van der Waals surface area contributed by atoms with Crippen molar-refractivity contribution in [2.24, 2.45) is 0 Å². The lowest BCUT2D eigenvalue weighted by atomic mass is 10.2. The molecule has 1 aromatic heterocycles. The van der Waals surface area contributed by atoms with Crippen LogP contribution in [-0.2, 0) is 11.3 Å². The van der Waals surface area contributed by atoms with Crippen molar-refractivity contribution in [2.75, 3.05) is 45.9 Å². The SMILES string of the molecule is CCCNC(=O)c1coc(CN2CCN(CC(O)COC(C)C)CC2)n1. The second-order valence-electron chi connectivity index (χ2n) is 7.00. The van der Waals surface area contributed by atoms with Gasteiger partial charge < -0.3 is 19.6 Å². The van der Waals surface area contributed by atoms with E-state index >= 15 is 0 Å². The fourth-order valence-electron chi connectivity index (χ4n) is 2.79. The Morgan fingerprint density at radius 2 is 2.04 bits per heavy atom. The van der Waals surface area contributed by atoms with Crippen LogP contribution < -0.4 is 5.32 Å². The fourth-order valence-corrected chi connectivity index (χ4v) is 2.79. The molecule has 1 atom stereocenters. The smallest absolute Gasteiger partial charge is 0.273 e. The first kappa shape index (κ1) is 20.8. The van der Waals surface area contributed by atoms with Gasteiger partial charge in [-0.3, -0.25) is 14.6 Å². The zero-order chi connectivity index (χ0) is 18.9. The van der Waals surface area contributed by atoms with E-state index in [9.17, 15) is 9.90 Å². The van der Waals surface area contributed by atoms with Crippen LogP contribution in [0.15, 0.2) is 10.7 Å². The topological polar surface area (TPSA) is 91.1 Å². The molecule has 26 heavy (non-hydrogen) atoms. The minimum Gasteiger partial charge on any atom is -0.447 e. The standard InChI is InChI=1S/C18H32N4O4/c1-4-5-19-18(24)16-13-26-17(20-16)11-22-8-6-21(7-9-22)10-15(23)12-25-14(2)3/h13-15,23H,4-12H2,1-3H3,(H,19,24). The molecule has 2 rings (SSSR count). The van der Waals surface area contributed by atoms with Crippen molar-refractivity contribution in [3.63, 3.8) is 0 Å². The Labute approximate surface area is 155 Å². The molecule has 1 aromatic rings. The van der Waals surface area contributed by atoms with Gasteiger partial charge in [0.1, 0.15) is 6.26 Å². The summed E-state index contributed by atoms with van der Waals surface area (Å²) < 4.78 is 10.9. The van der Waals surface area contributed by atoms with E-state index in [1.54, 1.807) is 0 Å². The van der Waals surface area contributed by atoms with Crippen molar-refractivity contribution in [1.82, 2.24) is 20.1 Å². The van der Waals surface area contributed by atoms with Crippen molar-refractivity contribution >= 4 is 5.91 Å². The molecule has 0 radical (unpaired) electrons. The summed E-state index contributed by atoms with van der Waals surface area (Å²) in [5, 5.41) is 12.8. The van der Waals surface area contributed by atoms with Crippen LogP contribution in [-0.4, -0.2) is 83.9 Å². The van der Waals surface area contributed by atoms with E-state index in [0.717, 1.165) is 32.6 Å².